The Morgan fingerprint density at radius 3 is 2.47 bits per heavy atom. The van der Waals surface area contributed by atoms with E-state index in [2.05, 4.69) is 19.2 Å². The topological polar surface area (TPSA) is 64.3 Å². The highest BCUT2D eigenvalue weighted by molar-refractivity contribution is 5.81. The SMILES string of the molecule is CCOCC(C)NC(=O)C(N)CC(C)C. The molecule has 3 N–H and O–H groups in total. The first-order chi connectivity index (χ1) is 6.97. The van der Waals surface area contributed by atoms with Crippen molar-refractivity contribution in [1.82, 2.24) is 5.32 Å². The maximum Gasteiger partial charge on any atom is 0.237 e. The van der Waals surface area contributed by atoms with Crippen molar-refractivity contribution in [3.8, 4) is 0 Å². The van der Waals surface area contributed by atoms with Crippen LogP contribution in [0.2, 0.25) is 0 Å². The van der Waals surface area contributed by atoms with Crippen LogP contribution < -0.4 is 11.1 Å². The zero-order valence-corrected chi connectivity index (χ0v) is 10.2. The summed E-state index contributed by atoms with van der Waals surface area (Å²) >= 11 is 0. The fourth-order valence-electron chi connectivity index (χ4n) is 1.30. The van der Waals surface area contributed by atoms with E-state index >= 15 is 0 Å². The first kappa shape index (κ1) is 14.4. The second kappa shape index (κ2) is 7.65. The Morgan fingerprint density at radius 2 is 2.00 bits per heavy atom. The molecule has 0 aromatic carbocycles. The fraction of sp³-hybridized carbons (Fsp3) is 0.909. The molecule has 0 aromatic heterocycles. The predicted octanol–water partition coefficient (Wildman–Crippen LogP) is 0.901. The molecule has 4 nitrogen and oxygen atoms in total. The number of amides is 1. The van der Waals surface area contributed by atoms with Crippen LogP contribution in [0.4, 0.5) is 0 Å². The van der Waals surface area contributed by atoms with Crippen LogP contribution in [0.3, 0.4) is 0 Å². The third kappa shape index (κ3) is 7.33. The molecule has 0 heterocycles. The molecular formula is C11H24N2O2. The van der Waals surface area contributed by atoms with E-state index in [4.69, 9.17) is 10.5 Å². The molecule has 0 aliphatic heterocycles. The number of nitrogens with two attached hydrogens (primary N) is 1. The van der Waals surface area contributed by atoms with Gasteiger partial charge in [0, 0.05) is 12.6 Å². The minimum Gasteiger partial charge on any atom is -0.380 e. The number of nitrogens with one attached hydrogen (secondary N) is 1. The second-order valence-electron chi connectivity index (χ2n) is 4.31. The molecule has 0 radical (unpaired) electrons. The van der Waals surface area contributed by atoms with Crippen LogP contribution in [0.1, 0.15) is 34.1 Å². The molecule has 0 fully saturated rings. The number of carbonyl (C=O) groups excluding carboxylic acids is 1. The fourth-order valence-corrected chi connectivity index (χ4v) is 1.30. The Bertz CT molecular complexity index is 183. The third-order valence-corrected chi connectivity index (χ3v) is 2.02. The van der Waals surface area contributed by atoms with Gasteiger partial charge in [-0.05, 0) is 26.2 Å². The molecule has 0 bridgehead atoms. The van der Waals surface area contributed by atoms with Crippen LogP contribution in [0, 0.1) is 5.92 Å². The molecule has 2 atom stereocenters. The lowest BCUT2D eigenvalue weighted by Crippen LogP contribution is -2.46. The highest BCUT2D eigenvalue weighted by atomic mass is 16.5. The highest BCUT2D eigenvalue weighted by Gasteiger charge is 2.16. The smallest absolute Gasteiger partial charge is 0.237 e. The highest BCUT2D eigenvalue weighted by Crippen LogP contribution is 2.02. The number of ether oxygens (including phenoxy) is 1. The standard InChI is InChI=1S/C11H24N2O2/c1-5-15-7-9(4)13-11(14)10(12)6-8(2)3/h8-10H,5-7,12H2,1-4H3,(H,13,14). The van der Waals surface area contributed by atoms with Crippen molar-refractivity contribution < 1.29 is 9.53 Å². The van der Waals surface area contributed by atoms with Crippen LogP contribution in [-0.2, 0) is 9.53 Å². The Kier molecular flexibility index (Phi) is 7.34. The number of rotatable bonds is 7. The second-order valence-corrected chi connectivity index (χ2v) is 4.31. The zero-order valence-electron chi connectivity index (χ0n) is 10.2. The van der Waals surface area contributed by atoms with Gasteiger partial charge in [0.05, 0.1) is 12.6 Å². The largest absolute Gasteiger partial charge is 0.380 e. The lowest BCUT2D eigenvalue weighted by molar-refractivity contribution is -0.123. The first-order valence-corrected chi connectivity index (χ1v) is 5.61. The molecule has 0 aliphatic carbocycles. The van der Waals surface area contributed by atoms with Gasteiger partial charge in [-0.15, -0.1) is 0 Å². The minimum absolute atomic E-state index is 0.0238. The van der Waals surface area contributed by atoms with Gasteiger partial charge in [0.2, 0.25) is 5.91 Å². The van der Waals surface area contributed by atoms with Crippen LogP contribution in [0.15, 0.2) is 0 Å². The minimum atomic E-state index is -0.408. The molecule has 4 heteroatoms. The number of hydrogen-bond donors (Lipinski definition) is 2. The van der Waals surface area contributed by atoms with E-state index in [0.717, 1.165) is 0 Å². The third-order valence-electron chi connectivity index (χ3n) is 2.02. The van der Waals surface area contributed by atoms with Gasteiger partial charge in [-0.3, -0.25) is 4.79 Å². The van der Waals surface area contributed by atoms with Gasteiger partial charge in [-0.2, -0.15) is 0 Å². The van der Waals surface area contributed by atoms with Crippen LogP contribution in [0.5, 0.6) is 0 Å². The van der Waals surface area contributed by atoms with Gasteiger partial charge in [-0.25, -0.2) is 0 Å². The van der Waals surface area contributed by atoms with Crippen molar-refractivity contribution in [2.24, 2.45) is 11.7 Å². The van der Waals surface area contributed by atoms with Gasteiger partial charge in [0.15, 0.2) is 0 Å². The summed E-state index contributed by atoms with van der Waals surface area (Å²) in [6, 6.07) is -0.385. The molecule has 0 aromatic rings. The predicted molar refractivity (Wildman–Crippen MR) is 61.5 cm³/mol. The average Bonchev–Trinajstić information content (AvgIpc) is 2.13. The zero-order chi connectivity index (χ0) is 11.8. The molecule has 2 unspecified atom stereocenters. The van der Waals surface area contributed by atoms with Crippen molar-refractivity contribution in [3.05, 3.63) is 0 Å². The van der Waals surface area contributed by atoms with E-state index < -0.39 is 6.04 Å². The van der Waals surface area contributed by atoms with Gasteiger partial charge >= 0.3 is 0 Å². The maximum absolute atomic E-state index is 11.6. The van der Waals surface area contributed by atoms with Crippen LogP contribution in [0.25, 0.3) is 0 Å². The molecular weight excluding hydrogens is 192 g/mol. The van der Waals surface area contributed by atoms with Gasteiger partial charge in [-0.1, -0.05) is 13.8 Å². The molecule has 0 saturated carbocycles. The van der Waals surface area contributed by atoms with E-state index in [-0.39, 0.29) is 11.9 Å². The summed E-state index contributed by atoms with van der Waals surface area (Å²) in [4.78, 5) is 11.6. The van der Waals surface area contributed by atoms with E-state index in [1.54, 1.807) is 0 Å². The Morgan fingerprint density at radius 1 is 1.40 bits per heavy atom. The lowest BCUT2D eigenvalue weighted by Gasteiger charge is -2.18. The summed E-state index contributed by atoms with van der Waals surface area (Å²) in [7, 11) is 0. The van der Waals surface area contributed by atoms with Crippen molar-refractivity contribution >= 4 is 5.91 Å². The van der Waals surface area contributed by atoms with Crippen molar-refractivity contribution in [1.29, 1.82) is 0 Å². The molecule has 0 aliphatic rings. The Hall–Kier alpha value is -0.610. The van der Waals surface area contributed by atoms with Crippen LogP contribution >= 0.6 is 0 Å². The molecule has 0 spiro atoms. The van der Waals surface area contributed by atoms with Gasteiger partial charge in [0.1, 0.15) is 0 Å². The van der Waals surface area contributed by atoms with Crippen molar-refractivity contribution in [2.75, 3.05) is 13.2 Å². The summed E-state index contributed by atoms with van der Waals surface area (Å²) < 4.78 is 5.20. The summed E-state index contributed by atoms with van der Waals surface area (Å²) in [5, 5.41) is 2.83. The molecule has 15 heavy (non-hydrogen) atoms. The van der Waals surface area contributed by atoms with E-state index in [0.29, 0.717) is 25.6 Å². The Labute approximate surface area is 92.6 Å². The number of carbonyl (C=O) groups is 1. The first-order valence-electron chi connectivity index (χ1n) is 5.61. The van der Waals surface area contributed by atoms with Gasteiger partial charge in [0.25, 0.3) is 0 Å². The summed E-state index contributed by atoms with van der Waals surface area (Å²) in [6.45, 7) is 9.15. The van der Waals surface area contributed by atoms with E-state index in [9.17, 15) is 4.79 Å². The average molecular weight is 216 g/mol. The maximum atomic E-state index is 11.6. The quantitative estimate of drug-likeness (QED) is 0.664. The van der Waals surface area contributed by atoms with Crippen molar-refractivity contribution in [2.45, 2.75) is 46.2 Å². The van der Waals surface area contributed by atoms with Crippen LogP contribution in [-0.4, -0.2) is 31.2 Å². The Balaban J connectivity index is 3.80. The molecule has 0 saturated heterocycles. The van der Waals surface area contributed by atoms with Crippen molar-refractivity contribution in [3.63, 3.8) is 0 Å². The van der Waals surface area contributed by atoms with Gasteiger partial charge < -0.3 is 15.8 Å². The number of hydrogen-bond acceptors (Lipinski definition) is 3. The lowest BCUT2D eigenvalue weighted by atomic mass is 10.0. The summed E-state index contributed by atoms with van der Waals surface area (Å²) in [5.41, 5.74) is 5.74. The molecule has 90 valence electrons. The van der Waals surface area contributed by atoms with E-state index in [1.165, 1.54) is 0 Å². The summed E-state index contributed by atoms with van der Waals surface area (Å²) in [5.74, 6) is 0.351. The monoisotopic (exact) mass is 216 g/mol. The normalized spacial score (nSPS) is 15.1. The molecule has 1 amide bonds. The van der Waals surface area contributed by atoms with E-state index in [1.807, 2.05) is 13.8 Å². The summed E-state index contributed by atoms with van der Waals surface area (Å²) in [6.07, 6.45) is 0.715. The molecule has 0 rings (SSSR count).